The molecule has 0 N–H and O–H groups in total. The fourth-order valence-corrected chi connectivity index (χ4v) is 3.29. The minimum Gasteiger partial charge on any atom is -0.494 e. The number of carbonyl (C=O) groups excluding carboxylic acids is 1. The van der Waals surface area contributed by atoms with Crippen LogP contribution in [0.3, 0.4) is 0 Å². The predicted molar refractivity (Wildman–Crippen MR) is 125 cm³/mol. The lowest BCUT2D eigenvalue weighted by molar-refractivity contribution is -0.153. The van der Waals surface area contributed by atoms with Gasteiger partial charge in [-0.15, -0.1) is 0 Å². The molecule has 0 saturated heterocycles. The summed E-state index contributed by atoms with van der Waals surface area (Å²) in [5.41, 5.74) is 3.30. The second kappa shape index (κ2) is 13.1. The summed E-state index contributed by atoms with van der Waals surface area (Å²) in [5, 5.41) is 0. The molecule has 0 aliphatic carbocycles. The summed E-state index contributed by atoms with van der Waals surface area (Å²) in [7, 11) is 0. The van der Waals surface area contributed by atoms with Crippen LogP contribution in [0.15, 0.2) is 48.5 Å². The summed E-state index contributed by atoms with van der Waals surface area (Å²) in [6.07, 6.45) is 8.19. The van der Waals surface area contributed by atoms with E-state index in [-0.39, 0.29) is 18.0 Å². The molecule has 0 fully saturated rings. The number of benzene rings is 2. The van der Waals surface area contributed by atoms with Crippen molar-refractivity contribution >= 4 is 5.97 Å². The summed E-state index contributed by atoms with van der Waals surface area (Å²) in [6, 6.07) is 16.5. The van der Waals surface area contributed by atoms with Crippen LogP contribution >= 0.6 is 0 Å². The number of hydrogen-bond acceptors (Lipinski definition) is 3. The van der Waals surface area contributed by atoms with Crippen molar-refractivity contribution in [3.05, 3.63) is 54.1 Å². The van der Waals surface area contributed by atoms with Gasteiger partial charge >= 0.3 is 5.97 Å². The molecule has 2 atom stereocenters. The van der Waals surface area contributed by atoms with Crippen molar-refractivity contribution in [2.24, 2.45) is 5.92 Å². The van der Waals surface area contributed by atoms with Crippen LogP contribution in [0.1, 0.15) is 84.3 Å². The van der Waals surface area contributed by atoms with Gasteiger partial charge in [0.25, 0.3) is 0 Å². The third-order valence-corrected chi connectivity index (χ3v) is 5.64. The zero-order chi connectivity index (χ0) is 21.8. The van der Waals surface area contributed by atoms with E-state index in [1.54, 1.807) is 0 Å². The first-order valence-electron chi connectivity index (χ1n) is 11.6. The average molecular weight is 411 g/mol. The van der Waals surface area contributed by atoms with Crippen LogP contribution in [0.2, 0.25) is 0 Å². The van der Waals surface area contributed by atoms with Crippen molar-refractivity contribution in [2.75, 3.05) is 6.61 Å². The Bertz CT molecular complexity index is 734. The fraction of sp³-hybridized carbons (Fsp3) is 0.519. The maximum Gasteiger partial charge on any atom is 0.309 e. The highest BCUT2D eigenvalue weighted by atomic mass is 16.5. The smallest absolute Gasteiger partial charge is 0.309 e. The molecule has 2 aromatic carbocycles. The molecule has 0 heterocycles. The van der Waals surface area contributed by atoms with Gasteiger partial charge in [0.1, 0.15) is 11.9 Å². The highest BCUT2D eigenvalue weighted by Crippen LogP contribution is 2.26. The van der Waals surface area contributed by atoms with Gasteiger partial charge in [0.2, 0.25) is 0 Å². The number of esters is 1. The highest BCUT2D eigenvalue weighted by molar-refractivity contribution is 5.72. The summed E-state index contributed by atoms with van der Waals surface area (Å²) in [4.78, 5) is 12.0. The van der Waals surface area contributed by atoms with E-state index >= 15 is 0 Å². The lowest BCUT2D eigenvalue weighted by Crippen LogP contribution is -2.16. The Hall–Kier alpha value is -2.29. The lowest BCUT2D eigenvalue weighted by atomic mass is 10.0. The number of carbonyl (C=O) groups is 1. The van der Waals surface area contributed by atoms with E-state index in [9.17, 15) is 4.79 Å². The summed E-state index contributed by atoms with van der Waals surface area (Å²) in [5.74, 6) is 0.730. The quantitative estimate of drug-likeness (QED) is 0.250. The number of ether oxygens (including phenoxy) is 2. The Morgan fingerprint density at radius 1 is 0.800 bits per heavy atom. The van der Waals surface area contributed by atoms with Gasteiger partial charge in [0.05, 0.1) is 12.5 Å². The molecule has 0 amide bonds. The highest BCUT2D eigenvalue weighted by Gasteiger charge is 2.16. The van der Waals surface area contributed by atoms with Crippen molar-refractivity contribution in [1.29, 1.82) is 0 Å². The molecule has 2 unspecified atom stereocenters. The van der Waals surface area contributed by atoms with Crippen molar-refractivity contribution < 1.29 is 14.3 Å². The van der Waals surface area contributed by atoms with Crippen LogP contribution in [0, 0.1) is 5.92 Å². The van der Waals surface area contributed by atoms with Crippen LogP contribution < -0.4 is 4.74 Å². The maximum absolute atomic E-state index is 12.0. The van der Waals surface area contributed by atoms with E-state index in [1.807, 2.05) is 45.0 Å². The van der Waals surface area contributed by atoms with Crippen LogP contribution in [-0.4, -0.2) is 12.6 Å². The molecule has 0 radical (unpaired) electrons. The molecule has 0 bridgehead atoms. The zero-order valence-corrected chi connectivity index (χ0v) is 19.2. The lowest BCUT2D eigenvalue weighted by Gasteiger charge is -2.16. The number of unbranched alkanes of at least 4 members (excludes halogenated alkanes) is 5. The second-order valence-corrected chi connectivity index (χ2v) is 8.15. The van der Waals surface area contributed by atoms with E-state index in [0.717, 1.165) is 41.9 Å². The van der Waals surface area contributed by atoms with Crippen LogP contribution in [-0.2, 0) is 9.53 Å². The topological polar surface area (TPSA) is 35.5 Å². The third kappa shape index (κ3) is 7.85. The second-order valence-electron chi connectivity index (χ2n) is 8.15. The molecule has 0 spiro atoms. The maximum atomic E-state index is 12.0. The van der Waals surface area contributed by atoms with E-state index < -0.39 is 0 Å². The molecule has 0 aromatic heterocycles. The van der Waals surface area contributed by atoms with E-state index in [0.29, 0.717) is 0 Å². The summed E-state index contributed by atoms with van der Waals surface area (Å²) < 4.78 is 11.4. The van der Waals surface area contributed by atoms with E-state index in [1.165, 1.54) is 32.1 Å². The van der Waals surface area contributed by atoms with Crippen molar-refractivity contribution in [2.45, 2.75) is 78.7 Å². The van der Waals surface area contributed by atoms with E-state index in [4.69, 9.17) is 9.47 Å². The third-order valence-electron chi connectivity index (χ3n) is 5.64. The molecule has 30 heavy (non-hydrogen) atoms. The van der Waals surface area contributed by atoms with Gasteiger partial charge < -0.3 is 9.47 Å². The van der Waals surface area contributed by atoms with Crippen molar-refractivity contribution in [1.82, 2.24) is 0 Å². The average Bonchev–Trinajstić information content (AvgIpc) is 2.78. The van der Waals surface area contributed by atoms with E-state index in [2.05, 4.69) is 31.2 Å². The summed E-state index contributed by atoms with van der Waals surface area (Å²) in [6.45, 7) is 8.85. The normalized spacial score (nSPS) is 12.9. The first-order valence-corrected chi connectivity index (χ1v) is 11.6. The molecule has 0 saturated carbocycles. The molecule has 164 valence electrons. The monoisotopic (exact) mass is 410 g/mol. The minimum atomic E-state index is -0.238. The van der Waals surface area contributed by atoms with Crippen molar-refractivity contribution in [3.8, 4) is 16.9 Å². The molecular formula is C27H38O3. The SMILES string of the molecule is CCCCCCCCOc1ccc(-c2ccc(C(C)OC(=O)C(C)CC)cc2)cc1. The molecule has 0 aliphatic heterocycles. The van der Waals surface area contributed by atoms with Crippen LogP contribution in [0.25, 0.3) is 11.1 Å². The number of rotatable bonds is 13. The Morgan fingerprint density at radius 3 is 1.97 bits per heavy atom. The largest absolute Gasteiger partial charge is 0.494 e. The number of hydrogen-bond donors (Lipinski definition) is 0. The van der Waals surface area contributed by atoms with Gasteiger partial charge in [-0.25, -0.2) is 0 Å². The molecule has 0 aliphatic rings. The Labute approximate surface area is 182 Å². The predicted octanol–water partition coefficient (Wildman–Crippen LogP) is 7.74. The first-order chi connectivity index (χ1) is 14.5. The van der Waals surface area contributed by atoms with Crippen LogP contribution in [0.4, 0.5) is 0 Å². The Kier molecular flexibility index (Phi) is 10.5. The molecule has 3 nitrogen and oxygen atoms in total. The van der Waals surface area contributed by atoms with Gasteiger partial charge in [-0.1, -0.05) is 89.3 Å². The van der Waals surface area contributed by atoms with Gasteiger partial charge in [-0.3, -0.25) is 4.79 Å². The van der Waals surface area contributed by atoms with Crippen molar-refractivity contribution in [3.63, 3.8) is 0 Å². The zero-order valence-electron chi connectivity index (χ0n) is 19.2. The molecule has 3 heteroatoms. The van der Waals surface area contributed by atoms with Gasteiger partial charge in [0, 0.05) is 0 Å². The standard InChI is InChI=1S/C27H38O3/c1-5-7-8-9-10-11-20-29-26-18-16-25(17-19-26)24-14-12-23(13-15-24)22(4)30-27(28)21(3)6-2/h12-19,21-22H,5-11,20H2,1-4H3. The molecular weight excluding hydrogens is 372 g/mol. The first kappa shape index (κ1) is 24.0. The molecule has 2 rings (SSSR count). The Morgan fingerprint density at radius 2 is 1.37 bits per heavy atom. The van der Waals surface area contributed by atoms with Crippen LogP contribution in [0.5, 0.6) is 5.75 Å². The Balaban J connectivity index is 1.82. The summed E-state index contributed by atoms with van der Waals surface area (Å²) >= 11 is 0. The molecule has 2 aromatic rings. The van der Waals surface area contributed by atoms with Gasteiger partial charge in [0.15, 0.2) is 0 Å². The van der Waals surface area contributed by atoms with Gasteiger partial charge in [-0.05, 0) is 48.6 Å². The minimum absolute atomic E-state index is 0.0616. The fourth-order valence-electron chi connectivity index (χ4n) is 3.29. The van der Waals surface area contributed by atoms with Gasteiger partial charge in [-0.2, -0.15) is 0 Å².